The van der Waals surface area contributed by atoms with Crippen LogP contribution >= 0.6 is 0 Å². The van der Waals surface area contributed by atoms with Crippen LogP contribution in [-0.4, -0.2) is 12.1 Å². The number of benzene rings is 2. The Balaban J connectivity index is 2.11. The molecule has 0 bridgehead atoms. The molecule has 1 heterocycles. The third kappa shape index (κ3) is 2.80. The van der Waals surface area contributed by atoms with E-state index in [0.29, 0.717) is 0 Å². The van der Waals surface area contributed by atoms with Crippen molar-refractivity contribution in [1.82, 2.24) is 0 Å². The second-order valence-corrected chi connectivity index (χ2v) is 5.87. The zero-order valence-corrected chi connectivity index (χ0v) is 12.8. The van der Waals surface area contributed by atoms with E-state index in [4.69, 9.17) is 4.74 Å². The molecular formula is C19H21NO. The third-order valence-corrected chi connectivity index (χ3v) is 3.60. The number of hydrogen-bond acceptors (Lipinski definition) is 2. The van der Waals surface area contributed by atoms with Crippen LogP contribution in [0, 0.1) is 0 Å². The first kappa shape index (κ1) is 13.7. The maximum absolute atomic E-state index is 6.14. The Hall–Kier alpha value is -2.22. The van der Waals surface area contributed by atoms with Gasteiger partial charge in [-0.05, 0) is 50.1 Å². The molecule has 108 valence electrons. The minimum absolute atomic E-state index is 0.303. The Bertz CT molecular complexity index is 671. The molecule has 0 saturated heterocycles. The van der Waals surface area contributed by atoms with Gasteiger partial charge in [0.2, 0.25) is 0 Å². The summed E-state index contributed by atoms with van der Waals surface area (Å²) in [5, 5.41) is 3.34. The van der Waals surface area contributed by atoms with E-state index in [2.05, 4.69) is 74.6 Å². The first-order chi connectivity index (χ1) is 10.1. The highest BCUT2D eigenvalue weighted by atomic mass is 16.5. The van der Waals surface area contributed by atoms with Crippen molar-refractivity contribution in [3.63, 3.8) is 0 Å². The zero-order valence-electron chi connectivity index (χ0n) is 12.8. The van der Waals surface area contributed by atoms with Crippen LogP contribution in [0.1, 0.15) is 31.9 Å². The monoisotopic (exact) mass is 279 g/mol. The predicted molar refractivity (Wildman–Crippen MR) is 88.8 cm³/mol. The van der Waals surface area contributed by atoms with Gasteiger partial charge < -0.3 is 10.1 Å². The first-order valence-corrected chi connectivity index (χ1v) is 7.44. The highest BCUT2D eigenvalue weighted by molar-refractivity contribution is 5.85. The molecule has 0 saturated carbocycles. The summed E-state index contributed by atoms with van der Waals surface area (Å²) < 4.78 is 6.14. The van der Waals surface area contributed by atoms with Crippen LogP contribution in [0.15, 0.2) is 54.6 Å². The molecule has 3 rings (SSSR count). The molecule has 0 atom stereocenters. The lowest BCUT2D eigenvalue weighted by Crippen LogP contribution is -2.29. The molecule has 2 aromatic rings. The van der Waals surface area contributed by atoms with Crippen LogP contribution in [0.2, 0.25) is 0 Å². The average Bonchev–Trinajstić information content (AvgIpc) is 2.46. The van der Waals surface area contributed by atoms with E-state index in [0.717, 1.165) is 23.5 Å². The lowest BCUT2D eigenvalue weighted by Gasteiger charge is -2.31. The maximum atomic E-state index is 6.14. The molecule has 21 heavy (non-hydrogen) atoms. The van der Waals surface area contributed by atoms with E-state index < -0.39 is 0 Å². The van der Waals surface area contributed by atoms with Gasteiger partial charge in [0.05, 0.1) is 0 Å². The quantitative estimate of drug-likeness (QED) is 0.877. The highest BCUT2D eigenvalue weighted by Gasteiger charge is 2.27. The lowest BCUT2D eigenvalue weighted by atomic mass is 9.90. The van der Waals surface area contributed by atoms with Gasteiger partial charge in [-0.3, -0.25) is 0 Å². The number of nitrogens with one attached hydrogen (secondary N) is 1. The number of ether oxygens (including phenoxy) is 1. The van der Waals surface area contributed by atoms with Gasteiger partial charge in [0, 0.05) is 23.9 Å². The van der Waals surface area contributed by atoms with Crippen LogP contribution in [0.3, 0.4) is 0 Å². The average molecular weight is 279 g/mol. The minimum Gasteiger partial charge on any atom is -0.483 e. The van der Waals surface area contributed by atoms with Crippen molar-refractivity contribution in [1.29, 1.82) is 0 Å². The fraction of sp³-hybridized carbons (Fsp3) is 0.263. The van der Waals surface area contributed by atoms with Crippen molar-refractivity contribution in [2.75, 3.05) is 11.9 Å². The molecular weight excluding hydrogens is 258 g/mol. The minimum atomic E-state index is -0.303. The Labute approximate surface area is 126 Å². The van der Waals surface area contributed by atoms with Gasteiger partial charge in [0.25, 0.3) is 0 Å². The third-order valence-electron chi connectivity index (χ3n) is 3.60. The van der Waals surface area contributed by atoms with E-state index in [9.17, 15) is 0 Å². The molecule has 0 spiro atoms. The number of anilines is 1. The van der Waals surface area contributed by atoms with E-state index in [1.165, 1.54) is 11.1 Å². The van der Waals surface area contributed by atoms with Crippen LogP contribution in [0.25, 0.3) is 5.57 Å². The summed E-state index contributed by atoms with van der Waals surface area (Å²) in [4.78, 5) is 0. The van der Waals surface area contributed by atoms with Crippen LogP contribution in [-0.2, 0) is 0 Å². The Morgan fingerprint density at radius 1 is 1.05 bits per heavy atom. The normalized spacial score (nSPS) is 15.7. The van der Waals surface area contributed by atoms with E-state index >= 15 is 0 Å². The molecule has 1 N–H and O–H groups in total. The summed E-state index contributed by atoms with van der Waals surface area (Å²) in [5.74, 6) is 0.944. The second kappa shape index (κ2) is 5.28. The highest BCUT2D eigenvalue weighted by Crippen LogP contribution is 2.40. The summed E-state index contributed by atoms with van der Waals surface area (Å²) in [6, 6.07) is 16.8. The molecule has 0 amide bonds. The molecule has 1 aliphatic heterocycles. The summed E-state index contributed by atoms with van der Waals surface area (Å²) >= 11 is 0. The van der Waals surface area contributed by atoms with Gasteiger partial charge >= 0.3 is 0 Å². The molecule has 0 aromatic heterocycles. The topological polar surface area (TPSA) is 21.3 Å². The van der Waals surface area contributed by atoms with Crippen molar-refractivity contribution in [3.8, 4) is 5.75 Å². The van der Waals surface area contributed by atoms with E-state index in [1.54, 1.807) is 0 Å². The fourth-order valence-corrected chi connectivity index (χ4v) is 2.74. The van der Waals surface area contributed by atoms with Crippen LogP contribution in [0.5, 0.6) is 5.75 Å². The van der Waals surface area contributed by atoms with Crippen molar-refractivity contribution in [2.24, 2.45) is 0 Å². The summed E-state index contributed by atoms with van der Waals surface area (Å²) in [7, 11) is 0. The van der Waals surface area contributed by atoms with Crippen LogP contribution in [0.4, 0.5) is 5.69 Å². The summed E-state index contributed by atoms with van der Waals surface area (Å²) in [5.41, 5.74) is 4.42. The lowest BCUT2D eigenvalue weighted by molar-refractivity contribution is 0.158. The van der Waals surface area contributed by atoms with E-state index in [-0.39, 0.29) is 5.60 Å². The van der Waals surface area contributed by atoms with Crippen molar-refractivity contribution >= 4 is 11.3 Å². The standard InChI is InChI=1S/C19H21NO/c1-4-20-15-10-11-16-17(14-8-6-5-7-9-14)13-19(2,3)21-18(16)12-15/h5-13,20H,4H2,1-3H3. The molecule has 0 fully saturated rings. The first-order valence-electron chi connectivity index (χ1n) is 7.44. The van der Waals surface area contributed by atoms with Crippen molar-refractivity contribution in [3.05, 3.63) is 65.7 Å². The van der Waals surface area contributed by atoms with Gasteiger partial charge in [-0.1, -0.05) is 30.3 Å². The summed E-state index contributed by atoms with van der Waals surface area (Å²) in [6.45, 7) is 7.20. The van der Waals surface area contributed by atoms with Crippen LogP contribution < -0.4 is 10.1 Å². The number of fused-ring (bicyclic) bond motifs is 1. The number of rotatable bonds is 3. The van der Waals surface area contributed by atoms with Gasteiger partial charge in [-0.15, -0.1) is 0 Å². The van der Waals surface area contributed by atoms with Gasteiger partial charge in [-0.2, -0.15) is 0 Å². The largest absolute Gasteiger partial charge is 0.483 e. The molecule has 0 radical (unpaired) electrons. The molecule has 2 aromatic carbocycles. The SMILES string of the molecule is CCNc1ccc2c(c1)OC(C)(C)C=C2c1ccccc1. The smallest absolute Gasteiger partial charge is 0.130 e. The zero-order chi connectivity index (χ0) is 14.9. The molecule has 1 aliphatic rings. The molecule has 0 unspecified atom stereocenters. The summed E-state index contributed by atoms with van der Waals surface area (Å²) in [6.07, 6.45) is 2.21. The van der Waals surface area contributed by atoms with Gasteiger partial charge in [0.1, 0.15) is 11.4 Å². The van der Waals surface area contributed by atoms with E-state index in [1.807, 2.05) is 6.07 Å². The molecule has 0 aliphatic carbocycles. The van der Waals surface area contributed by atoms with Gasteiger partial charge in [-0.25, -0.2) is 0 Å². The fourth-order valence-electron chi connectivity index (χ4n) is 2.74. The Morgan fingerprint density at radius 3 is 2.52 bits per heavy atom. The van der Waals surface area contributed by atoms with Crippen molar-refractivity contribution < 1.29 is 4.74 Å². The second-order valence-electron chi connectivity index (χ2n) is 5.87. The number of hydrogen-bond donors (Lipinski definition) is 1. The Morgan fingerprint density at radius 2 is 1.81 bits per heavy atom. The Kier molecular flexibility index (Phi) is 3.46. The molecule has 2 nitrogen and oxygen atoms in total. The van der Waals surface area contributed by atoms with Gasteiger partial charge in [0.15, 0.2) is 0 Å². The predicted octanol–water partition coefficient (Wildman–Crippen LogP) is 4.72. The molecule has 2 heteroatoms. The van der Waals surface area contributed by atoms with Crippen molar-refractivity contribution in [2.45, 2.75) is 26.4 Å². The maximum Gasteiger partial charge on any atom is 0.130 e.